The quantitative estimate of drug-likeness (QED) is 0.742. The van der Waals surface area contributed by atoms with Crippen molar-refractivity contribution < 1.29 is 9.13 Å². The van der Waals surface area contributed by atoms with Crippen molar-refractivity contribution in [3.8, 4) is 5.75 Å². The fourth-order valence-corrected chi connectivity index (χ4v) is 2.77. The third-order valence-electron chi connectivity index (χ3n) is 3.50. The van der Waals surface area contributed by atoms with Crippen molar-refractivity contribution in [3.05, 3.63) is 23.8 Å². The van der Waals surface area contributed by atoms with E-state index >= 15 is 0 Å². The predicted octanol–water partition coefficient (Wildman–Crippen LogP) is 4.33. The summed E-state index contributed by atoms with van der Waals surface area (Å²) in [7, 11) is 1.47. The number of nitrogens with zero attached hydrogens (tertiary/aromatic N) is 2. The highest BCUT2D eigenvalue weighted by Crippen LogP contribution is 2.29. The Hall–Kier alpha value is -1.29. The van der Waals surface area contributed by atoms with Crippen LogP contribution < -0.4 is 4.74 Å². The highest BCUT2D eigenvalue weighted by molar-refractivity contribution is 6.17. The van der Waals surface area contributed by atoms with Gasteiger partial charge in [-0.15, -0.1) is 11.6 Å². The van der Waals surface area contributed by atoms with E-state index in [1.165, 1.54) is 13.2 Å². The molecular weight excluding hydrogens is 279 g/mol. The monoisotopic (exact) mass is 298 g/mol. The lowest BCUT2D eigenvalue weighted by Crippen LogP contribution is -2.10. The van der Waals surface area contributed by atoms with E-state index in [1.807, 2.05) is 0 Å². The lowest BCUT2D eigenvalue weighted by Gasteiger charge is -2.17. The van der Waals surface area contributed by atoms with E-state index in [0.29, 0.717) is 23.9 Å². The predicted molar refractivity (Wildman–Crippen MR) is 80.3 cm³/mol. The number of methoxy groups -OCH3 is 1. The number of hydrogen-bond donors (Lipinski definition) is 0. The highest BCUT2D eigenvalue weighted by Gasteiger charge is 2.17. The normalized spacial score (nSPS) is 12.8. The minimum absolute atomic E-state index is 0.250. The Morgan fingerprint density at radius 2 is 2.20 bits per heavy atom. The minimum Gasteiger partial charge on any atom is -0.494 e. The molecule has 0 amide bonds. The van der Waals surface area contributed by atoms with E-state index < -0.39 is 0 Å². The molecule has 0 saturated heterocycles. The van der Waals surface area contributed by atoms with Crippen molar-refractivity contribution in [2.45, 2.75) is 39.2 Å². The van der Waals surface area contributed by atoms with Crippen LogP contribution in [0.1, 0.15) is 38.6 Å². The van der Waals surface area contributed by atoms with Crippen LogP contribution in [-0.2, 0) is 6.42 Å². The first-order valence-corrected chi connectivity index (χ1v) is 7.46. The highest BCUT2D eigenvalue weighted by atomic mass is 35.5. The van der Waals surface area contributed by atoms with Crippen LogP contribution in [0.4, 0.5) is 4.39 Å². The second-order valence-corrected chi connectivity index (χ2v) is 5.33. The molecule has 3 nitrogen and oxygen atoms in total. The number of benzene rings is 1. The molecule has 0 aliphatic carbocycles. The number of ether oxygens (including phenoxy) is 1. The van der Waals surface area contributed by atoms with Gasteiger partial charge in [0.05, 0.1) is 18.1 Å². The summed E-state index contributed by atoms with van der Waals surface area (Å²) in [6, 6.07) is 3.46. The molecule has 1 aromatic heterocycles. The first-order valence-electron chi connectivity index (χ1n) is 6.92. The van der Waals surface area contributed by atoms with Crippen molar-refractivity contribution in [1.82, 2.24) is 9.55 Å². The maximum atomic E-state index is 13.8. The molecule has 2 rings (SSSR count). The summed E-state index contributed by atoms with van der Waals surface area (Å²) in [5, 5.41) is 0. The van der Waals surface area contributed by atoms with Gasteiger partial charge in [-0.25, -0.2) is 9.37 Å². The third-order valence-corrected chi connectivity index (χ3v) is 3.69. The summed E-state index contributed by atoms with van der Waals surface area (Å²) in [4.78, 5) is 4.52. The molecule has 0 N–H and O–H groups in total. The largest absolute Gasteiger partial charge is 0.494 e. The molecule has 1 unspecified atom stereocenters. The molecule has 110 valence electrons. The van der Waals surface area contributed by atoms with E-state index in [0.717, 1.165) is 24.2 Å². The molecule has 5 heteroatoms. The maximum absolute atomic E-state index is 13.8. The Morgan fingerprint density at radius 3 is 2.80 bits per heavy atom. The average molecular weight is 299 g/mol. The van der Waals surface area contributed by atoms with Crippen LogP contribution in [0, 0.1) is 5.82 Å². The van der Waals surface area contributed by atoms with Crippen molar-refractivity contribution >= 4 is 22.6 Å². The van der Waals surface area contributed by atoms with Gasteiger partial charge < -0.3 is 9.30 Å². The molecule has 0 saturated carbocycles. The molecule has 1 aromatic carbocycles. The van der Waals surface area contributed by atoms with Crippen LogP contribution in [0.5, 0.6) is 5.75 Å². The Balaban J connectivity index is 2.62. The summed E-state index contributed by atoms with van der Waals surface area (Å²) >= 11 is 5.86. The maximum Gasteiger partial charge on any atom is 0.167 e. The van der Waals surface area contributed by atoms with Crippen molar-refractivity contribution in [3.63, 3.8) is 0 Å². The first-order chi connectivity index (χ1) is 9.62. The molecular formula is C15H20ClFN2O. The summed E-state index contributed by atoms with van der Waals surface area (Å²) in [6.07, 6.45) is 2.80. The Bertz CT molecular complexity index is 597. The molecule has 0 aliphatic rings. The smallest absolute Gasteiger partial charge is 0.167 e. The number of aromatic nitrogens is 2. The van der Waals surface area contributed by atoms with Crippen LogP contribution in [0.15, 0.2) is 12.1 Å². The average Bonchev–Trinajstić information content (AvgIpc) is 2.75. The van der Waals surface area contributed by atoms with Crippen molar-refractivity contribution in [2.75, 3.05) is 13.0 Å². The molecule has 0 radical (unpaired) electrons. The minimum atomic E-state index is -0.384. The third kappa shape index (κ3) is 2.75. The van der Waals surface area contributed by atoms with Gasteiger partial charge in [-0.3, -0.25) is 0 Å². The van der Waals surface area contributed by atoms with Gasteiger partial charge >= 0.3 is 0 Å². The molecule has 0 fully saturated rings. The summed E-state index contributed by atoms with van der Waals surface area (Å²) < 4.78 is 21.0. The van der Waals surface area contributed by atoms with Gasteiger partial charge in [0.2, 0.25) is 0 Å². The Kier molecular flexibility index (Phi) is 4.86. The molecule has 2 aromatic rings. The van der Waals surface area contributed by atoms with Crippen molar-refractivity contribution in [2.24, 2.45) is 0 Å². The van der Waals surface area contributed by atoms with E-state index in [-0.39, 0.29) is 11.6 Å². The molecule has 1 heterocycles. The second kappa shape index (κ2) is 6.44. The number of fused-ring (bicyclic) bond motifs is 1. The van der Waals surface area contributed by atoms with Crippen LogP contribution >= 0.6 is 11.6 Å². The number of alkyl halides is 1. The Morgan fingerprint density at radius 1 is 1.45 bits per heavy atom. The number of halogens is 2. The molecule has 1 atom stereocenters. The van der Waals surface area contributed by atoms with Gasteiger partial charge in [-0.1, -0.05) is 13.3 Å². The fourth-order valence-electron chi connectivity index (χ4n) is 2.60. The zero-order valence-corrected chi connectivity index (χ0v) is 12.9. The van der Waals surface area contributed by atoms with Crippen LogP contribution in [0.3, 0.4) is 0 Å². The lowest BCUT2D eigenvalue weighted by atomic mass is 10.1. The first kappa shape index (κ1) is 15.1. The summed E-state index contributed by atoms with van der Waals surface area (Å²) in [5.74, 6) is 1.27. The zero-order chi connectivity index (χ0) is 14.7. The SMILES string of the molecule is CCCC(C)n1c(CCCl)nc2cc(F)c(OC)cc21. The molecule has 20 heavy (non-hydrogen) atoms. The fraction of sp³-hybridized carbons (Fsp3) is 0.533. The van der Waals surface area contributed by atoms with Crippen LogP contribution in [0.2, 0.25) is 0 Å². The topological polar surface area (TPSA) is 27.1 Å². The number of hydrogen-bond acceptors (Lipinski definition) is 2. The van der Waals surface area contributed by atoms with Gasteiger partial charge in [-0.2, -0.15) is 0 Å². The van der Waals surface area contributed by atoms with Gasteiger partial charge in [0, 0.05) is 30.5 Å². The van der Waals surface area contributed by atoms with Crippen molar-refractivity contribution in [1.29, 1.82) is 0 Å². The lowest BCUT2D eigenvalue weighted by molar-refractivity contribution is 0.387. The van der Waals surface area contributed by atoms with Gasteiger partial charge in [0.15, 0.2) is 11.6 Å². The Labute approximate surface area is 123 Å². The van der Waals surface area contributed by atoms with E-state index in [1.54, 1.807) is 6.07 Å². The van der Waals surface area contributed by atoms with E-state index in [9.17, 15) is 4.39 Å². The summed E-state index contributed by atoms with van der Waals surface area (Å²) in [6.45, 7) is 4.30. The molecule has 0 aliphatic heterocycles. The van der Waals surface area contributed by atoms with Crippen LogP contribution in [-0.4, -0.2) is 22.5 Å². The van der Waals surface area contributed by atoms with Gasteiger partial charge in [0.1, 0.15) is 5.82 Å². The molecule has 0 bridgehead atoms. The van der Waals surface area contributed by atoms with Crippen LogP contribution in [0.25, 0.3) is 11.0 Å². The van der Waals surface area contributed by atoms with E-state index in [2.05, 4.69) is 23.4 Å². The number of imidazole rings is 1. The zero-order valence-electron chi connectivity index (χ0n) is 12.1. The van der Waals surface area contributed by atoms with E-state index in [4.69, 9.17) is 16.3 Å². The van der Waals surface area contributed by atoms with Gasteiger partial charge in [-0.05, 0) is 13.3 Å². The number of aryl methyl sites for hydroxylation is 1. The summed E-state index contributed by atoms with van der Waals surface area (Å²) in [5.41, 5.74) is 1.57. The second-order valence-electron chi connectivity index (χ2n) is 4.95. The molecule has 0 spiro atoms. The van der Waals surface area contributed by atoms with Gasteiger partial charge in [0.25, 0.3) is 0 Å². The number of rotatable bonds is 6. The standard InChI is InChI=1S/C15H20ClFN2O/c1-4-5-10(2)19-13-9-14(20-3)11(17)8-12(13)18-15(19)6-7-16/h8-10H,4-7H2,1-3H3.